The van der Waals surface area contributed by atoms with Crippen molar-refractivity contribution in [2.24, 2.45) is 28.6 Å². The number of sulfone groups is 1. The highest BCUT2D eigenvalue weighted by Crippen LogP contribution is 2.65. The summed E-state index contributed by atoms with van der Waals surface area (Å²) in [6.45, 7) is 4.75. The third-order valence-corrected chi connectivity index (χ3v) is 13.5. The second-order valence-electron chi connectivity index (χ2n) is 12.5. The molecule has 1 aromatic carbocycles. The van der Waals surface area contributed by atoms with E-state index in [0.717, 1.165) is 25.3 Å². The molecule has 1 heterocycles. The van der Waals surface area contributed by atoms with Crippen LogP contribution in [0.4, 0.5) is 0 Å². The van der Waals surface area contributed by atoms with Gasteiger partial charge in [0.15, 0.2) is 9.84 Å². The summed E-state index contributed by atoms with van der Waals surface area (Å²) in [5, 5.41) is 3.33. The van der Waals surface area contributed by atoms with Crippen molar-refractivity contribution >= 4 is 15.7 Å². The molecule has 186 valence electrons. The maximum absolute atomic E-state index is 14.1. The Morgan fingerprint density at radius 1 is 0.941 bits per heavy atom. The molecule has 1 amide bonds. The molecule has 1 aromatic rings. The molecule has 4 saturated carbocycles. The van der Waals surface area contributed by atoms with Crippen LogP contribution in [0.3, 0.4) is 0 Å². The summed E-state index contributed by atoms with van der Waals surface area (Å²) in [5.74, 6) is 1.55. The van der Waals surface area contributed by atoms with Gasteiger partial charge in [0.05, 0.1) is 10.1 Å². The van der Waals surface area contributed by atoms with Gasteiger partial charge in [0.25, 0.3) is 0 Å². The van der Waals surface area contributed by atoms with Crippen molar-refractivity contribution in [2.75, 3.05) is 7.05 Å². The molecule has 8 atom stereocenters. The minimum atomic E-state index is -3.61. The second-order valence-corrected chi connectivity index (χ2v) is 14.6. The molecule has 5 nitrogen and oxygen atoms in total. The number of carbonyl (C=O) groups excluding carboxylic acids is 1. The van der Waals surface area contributed by atoms with Crippen molar-refractivity contribution in [1.29, 1.82) is 0 Å². The van der Waals surface area contributed by atoms with E-state index < -0.39 is 20.5 Å². The van der Waals surface area contributed by atoms with Gasteiger partial charge < -0.3 is 10.2 Å². The Bertz CT molecular complexity index is 1070. The van der Waals surface area contributed by atoms with Crippen molar-refractivity contribution in [3.63, 3.8) is 0 Å². The highest BCUT2D eigenvalue weighted by Gasteiger charge is 2.65. The molecule has 0 bridgehead atoms. The average Bonchev–Trinajstić information content (AvgIpc) is 3.58. The largest absolute Gasteiger partial charge is 0.342 e. The number of hydrogen-bond donors (Lipinski definition) is 1. The molecule has 0 spiro atoms. The molecule has 6 heteroatoms. The maximum atomic E-state index is 14.1. The first-order chi connectivity index (χ1) is 16.2. The summed E-state index contributed by atoms with van der Waals surface area (Å²) in [4.78, 5) is 15.4. The summed E-state index contributed by atoms with van der Waals surface area (Å²) in [7, 11) is -1.70. The van der Waals surface area contributed by atoms with E-state index in [9.17, 15) is 13.2 Å². The predicted molar refractivity (Wildman–Crippen MR) is 133 cm³/mol. The van der Waals surface area contributed by atoms with Crippen molar-refractivity contribution in [3.8, 4) is 0 Å². The Morgan fingerprint density at radius 3 is 2.38 bits per heavy atom. The maximum Gasteiger partial charge on any atom is 0.223 e. The number of carbonyl (C=O) groups is 1. The zero-order valence-electron chi connectivity index (χ0n) is 20.9. The number of hydrogen-bond acceptors (Lipinski definition) is 4. The minimum absolute atomic E-state index is 0.00429. The van der Waals surface area contributed by atoms with Crippen molar-refractivity contribution < 1.29 is 13.2 Å². The zero-order chi connectivity index (χ0) is 23.9. The average molecular weight is 485 g/mol. The number of nitrogens with zero attached hydrogens (tertiary/aromatic N) is 1. The Balaban J connectivity index is 1.38. The van der Waals surface area contributed by atoms with E-state index in [4.69, 9.17) is 0 Å². The second kappa shape index (κ2) is 7.80. The number of likely N-dealkylation sites (tertiary alicyclic amines) is 1. The number of piperidine rings is 1. The fourth-order valence-electron chi connectivity index (χ4n) is 9.16. The lowest BCUT2D eigenvalue weighted by atomic mass is 9.47. The first-order valence-electron chi connectivity index (χ1n) is 13.5. The third-order valence-electron chi connectivity index (χ3n) is 11.1. The van der Waals surface area contributed by atoms with Gasteiger partial charge in [0.2, 0.25) is 5.91 Å². The van der Waals surface area contributed by atoms with Gasteiger partial charge in [-0.05, 0) is 86.7 Å². The van der Waals surface area contributed by atoms with Crippen LogP contribution >= 0.6 is 0 Å². The molecule has 1 aliphatic heterocycles. The summed E-state index contributed by atoms with van der Waals surface area (Å²) < 4.78 is 28.1. The number of benzene rings is 1. The fourth-order valence-corrected chi connectivity index (χ4v) is 11.4. The molecule has 5 aliphatic rings. The normalized spacial score (nSPS) is 44.3. The summed E-state index contributed by atoms with van der Waals surface area (Å²) in [6, 6.07) is 10.2. The van der Waals surface area contributed by atoms with Gasteiger partial charge >= 0.3 is 0 Å². The molecule has 0 radical (unpaired) electrons. The van der Waals surface area contributed by atoms with Gasteiger partial charge in [-0.2, -0.15) is 0 Å². The first-order valence-corrected chi connectivity index (χ1v) is 15.0. The standard InChI is InChI=1S/C28H40N2O3S/c1-27-16-15-22-20(21(27)12-13-23(27)29-18-9-10-18)11-14-24-28(22,2)25(17-26(31)30(24)3)34(32,33)19-7-5-4-6-8-19/h4-8,18,20-25,29H,9-17H2,1-3H3/t20-,21-,22+,23?,24?,25?,27-,28+/m0/s1. The van der Waals surface area contributed by atoms with Gasteiger partial charge in [0.1, 0.15) is 0 Å². The topological polar surface area (TPSA) is 66.5 Å². The van der Waals surface area contributed by atoms with E-state index in [2.05, 4.69) is 19.2 Å². The summed E-state index contributed by atoms with van der Waals surface area (Å²) >= 11 is 0. The van der Waals surface area contributed by atoms with Crippen LogP contribution in [0.5, 0.6) is 0 Å². The van der Waals surface area contributed by atoms with Crippen LogP contribution in [0.15, 0.2) is 35.2 Å². The molecule has 6 rings (SSSR count). The van der Waals surface area contributed by atoms with Gasteiger partial charge in [-0.1, -0.05) is 32.0 Å². The molecule has 1 saturated heterocycles. The number of amides is 1. The fraction of sp³-hybridized carbons (Fsp3) is 0.750. The Hall–Kier alpha value is -1.40. The molecule has 1 N–H and O–H groups in total. The third kappa shape index (κ3) is 3.20. The summed E-state index contributed by atoms with van der Waals surface area (Å²) in [6.07, 6.45) is 9.56. The molecular formula is C28H40N2O3S. The van der Waals surface area contributed by atoms with E-state index in [1.54, 1.807) is 24.3 Å². The van der Waals surface area contributed by atoms with Gasteiger partial charge in [-0.3, -0.25) is 4.79 Å². The van der Waals surface area contributed by atoms with Crippen molar-refractivity contribution in [3.05, 3.63) is 30.3 Å². The quantitative estimate of drug-likeness (QED) is 0.687. The number of nitrogens with one attached hydrogen (secondary N) is 1. The zero-order valence-corrected chi connectivity index (χ0v) is 21.7. The van der Waals surface area contributed by atoms with Crippen LogP contribution < -0.4 is 5.32 Å². The van der Waals surface area contributed by atoms with E-state index >= 15 is 0 Å². The van der Waals surface area contributed by atoms with Crippen LogP contribution in [-0.4, -0.2) is 49.6 Å². The van der Waals surface area contributed by atoms with E-state index in [-0.39, 0.29) is 18.4 Å². The van der Waals surface area contributed by atoms with Crippen LogP contribution in [0.2, 0.25) is 0 Å². The van der Waals surface area contributed by atoms with Crippen LogP contribution in [0.25, 0.3) is 0 Å². The SMILES string of the molecule is CN1C(=O)CC(S(=O)(=O)c2ccccc2)[C@@]2(C)C1CC[C@@H]1[C@H]2CC[C@]2(C)C(NC3CC3)CC[C@@H]12. The summed E-state index contributed by atoms with van der Waals surface area (Å²) in [5.41, 5.74) is -0.0965. The highest BCUT2D eigenvalue weighted by molar-refractivity contribution is 7.92. The van der Waals surface area contributed by atoms with Crippen LogP contribution in [0.1, 0.15) is 71.6 Å². The van der Waals surface area contributed by atoms with Gasteiger partial charge in [0, 0.05) is 37.0 Å². The van der Waals surface area contributed by atoms with E-state index in [1.807, 2.05) is 18.0 Å². The van der Waals surface area contributed by atoms with Gasteiger partial charge in [-0.25, -0.2) is 8.42 Å². The molecule has 4 aliphatic carbocycles. The lowest BCUT2D eigenvalue weighted by Gasteiger charge is -2.63. The van der Waals surface area contributed by atoms with E-state index in [0.29, 0.717) is 34.1 Å². The first kappa shape index (κ1) is 23.0. The van der Waals surface area contributed by atoms with Crippen LogP contribution in [-0.2, 0) is 14.6 Å². The molecule has 3 unspecified atom stereocenters. The number of fused-ring (bicyclic) bond motifs is 5. The Morgan fingerprint density at radius 2 is 1.68 bits per heavy atom. The molecule has 5 fully saturated rings. The lowest BCUT2D eigenvalue weighted by molar-refractivity contribution is -0.156. The van der Waals surface area contributed by atoms with Crippen molar-refractivity contribution in [2.45, 2.75) is 99.9 Å². The Kier molecular flexibility index (Phi) is 5.28. The predicted octanol–water partition coefficient (Wildman–Crippen LogP) is 4.42. The van der Waals surface area contributed by atoms with Crippen molar-refractivity contribution in [1.82, 2.24) is 10.2 Å². The van der Waals surface area contributed by atoms with E-state index in [1.165, 1.54) is 32.1 Å². The lowest BCUT2D eigenvalue weighted by Crippen LogP contribution is -2.68. The Labute approximate surface area is 205 Å². The monoisotopic (exact) mass is 484 g/mol. The number of rotatable bonds is 4. The molecule has 0 aromatic heterocycles. The molecule has 34 heavy (non-hydrogen) atoms. The molecular weight excluding hydrogens is 444 g/mol. The van der Waals surface area contributed by atoms with Gasteiger partial charge in [-0.15, -0.1) is 0 Å². The highest BCUT2D eigenvalue weighted by atomic mass is 32.2. The van der Waals surface area contributed by atoms with Crippen LogP contribution in [0, 0.1) is 28.6 Å². The minimum Gasteiger partial charge on any atom is -0.342 e. The smallest absolute Gasteiger partial charge is 0.223 e.